The van der Waals surface area contributed by atoms with E-state index in [1.807, 2.05) is 62.4 Å². The number of benzene rings is 2. The first-order valence-electron chi connectivity index (χ1n) is 10.7. The van der Waals surface area contributed by atoms with E-state index in [0.29, 0.717) is 24.8 Å². The lowest BCUT2D eigenvalue weighted by molar-refractivity contribution is -0.142. The van der Waals surface area contributed by atoms with E-state index in [-0.39, 0.29) is 18.4 Å². The fourth-order valence-corrected chi connectivity index (χ4v) is 3.18. The highest BCUT2D eigenvalue weighted by molar-refractivity contribution is 5.87. The van der Waals surface area contributed by atoms with Gasteiger partial charge in [-0.1, -0.05) is 68.8 Å². The molecule has 0 radical (unpaired) electrons. The van der Waals surface area contributed by atoms with Gasteiger partial charge in [0.15, 0.2) is 6.61 Å². The van der Waals surface area contributed by atoms with Crippen molar-refractivity contribution in [3.8, 4) is 5.75 Å². The lowest BCUT2D eigenvalue weighted by Gasteiger charge is -2.29. The van der Waals surface area contributed by atoms with Gasteiger partial charge in [-0.05, 0) is 43.4 Å². The number of amides is 2. The molecule has 5 heteroatoms. The first-order valence-corrected chi connectivity index (χ1v) is 10.7. The topological polar surface area (TPSA) is 58.6 Å². The second kappa shape index (κ2) is 11.4. The average molecular weight is 411 g/mol. The number of hydrogen-bond acceptors (Lipinski definition) is 3. The van der Waals surface area contributed by atoms with E-state index in [4.69, 9.17) is 4.74 Å². The maximum Gasteiger partial charge on any atom is 0.261 e. The summed E-state index contributed by atoms with van der Waals surface area (Å²) in [5.74, 6) is 0.631. The van der Waals surface area contributed by atoms with E-state index in [1.54, 1.807) is 11.8 Å². The van der Waals surface area contributed by atoms with E-state index in [0.717, 1.165) is 23.1 Å². The number of carbonyl (C=O) groups excluding carboxylic acids is 2. The molecule has 2 rings (SSSR count). The van der Waals surface area contributed by atoms with Gasteiger partial charge in [0.1, 0.15) is 11.8 Å². The molecular formula is C25H34N2O3. The molecule has 0 unspecified atom stereocenters. The van der Waals surface area contributed by atoms with Crippen LogP contribution >= 0.6 is 0 Å². The lowest BCUT2D eigenvalue weighted by Crippen LogP contribution is -2.49. The van der Waals surface area contributed by atoms with Crippen LogP contribution in [0.1, 0.15) is 56.7 Å². The Balaban J connectivity index is 2.16. The second-order valence-electron chi connectivity index (χ2n) is 7.96. The van der Waals surface area contributed by atoms with Crippen LogP contribution in [0, 0.1) is 6.92 Å². The fourth-order valence-electron chi connectivity index (χ4n) is 3.18. The van der Waals surface area contributed by atoms with Crippen molar-refractivity contribution in [2.45, 2.75) is 59.5 Å². The molecule has 0 bridgehead atoms. The standard InChI is InChI=1S/C25H34N2O3/c1-6-15-26-25(29)20(5)27(16-21-13-11-19(4)12-14-21)24(28)17-30-23-10-8-7-9-22(23)18(2)3/h7-14,18,20H,6,15-17H2,1-5H3,(H,26,29)/t20-/m0/s1. The van der Waals surface area contributed by atoms with Gasteiger partial charge in [0.2, 0.25) is 5.91 Å². The van der Waals surface area contributed by atoms with Gasteiger partial charge in [-0.25, -0.2) is 0 Å². The zero-order valence-electron chi connectivity index (χ0n) is 18.8. The molecule has 2 aromatic rings. The molecule has 1 atom stereocenters. The summed E-state index contributed by atoms with van der Waals surface area (Å²) >= 11 is 0. The Morgan fingerprint density at radius 1 is 1.03 bits per heavy atom. The van der Waals surface area contributed by atoms with Crippen LogP contribution in [0.4, 0.5) is 0 Å². The number of aryl methyl sites for hydroxylation is 1. The highest BCUT2D eigenvalue weighted by atomic mass is 16.5. The molecule has 0 fully saturated rings. The summed E-state index contributed by atoms with van der Waals surface area (Å²) in [5.41, 5.74) is 3.19. The quantitative estimate of drug-likeness (QED) is 0.630. The van der Waals surface area contributed by atoms with E-state index in [1.165, 1.54) is 0 Å². The van der Waals surface area contributed by atoms with Crippen molar-refractivity contribution in [1.82, 2.24) is 10.2 Å². The Morgan fingerprint density at radius 2 is 1.70 bits per heavy atom. The minimum atomic E-state index is -0.589. The van der Waals surface area contributed by atoms with Crippen LogP contribution in [0.25, 0.3) is 0 Å². The van der Waals surface area contributed by atoms with Crippen LogP contribution in [0.3, 0.4) is 0 Å². The Morgan fingerprint density at radius 3 is 2.33 bits per heavy atom. The van der Waals surface area contributed by atoms with E-state index >= 15 is 0 Å². The van der Waals surface area contributed by atoms with Gasteiger partial charge in [0, 0.05) is 13.1 Å². The number of nitrogens with one attached hydrogen (secondary N) is 1. The van der Waals surface area contributed by atoms with Crippen molar-refractivity contribution in [2.75, 3.05) is 13.2 Å². The van der Waals surface area contributed by atoms with Gasteiger partial charge in [0.25, 0.3) is 5.91 Å². The SMILES string of the molecule is CCCNC(=O)[C@H](C)N(Cc1ccc(C)cc1)C(=O)COc1ccccc1C(C)C. The van der Waals surface area contributed by atoms with Crippen molar-refractivity contribution in [3.05, 3.63) is 65.2 Å². The van der Waals surface area contributed by atoms with Gasteiger partial charge in [-0.2, -0.15) is 0 Å². The molecule has 0 spiro atoms. The van der Waals surface area contributed by atoms with Crippen molar-refractivity contribution in [2.24, 2.45) is 0 Å². The molecular weight excluding hydrogens is 376 g/mol. The lowest BCUT2D eigenvalue weighted by atomic mass is 10.0. The molecule has 0 aliphatic rings. The van der Waals surface area contributed by atoms with Crippen molar-refractivity contribution >= 4 is 11.8 Å². The molecule has 0 aliphatic carbocycles. The summed E-state index contributed by atoms with van der Waals surface area (Å²) in [4.78, 5) is 27.3. The maximum absolute atomic E-state index is 13.1. The number of rotatable bonds is 10. The Labute approximate surface area is 180 Å². The van der Waals surface area contributed by atoms with E-state index < -0.39 is 6.04 Å². The molecule has 1 N–H and O–H groups in total. The first-order chi connectivity index (χ1) is 14.3. The average Bonchev–Trinajstić information content (AvgIpc) is 2.75. The van der Waals surface area contributed by atoms with Gasteiger partial charge in [0.05, 0.1) is 0 Å². The molecule has 0 saturated heterocycles. The predicted octanol–water partition coefficient (Wildman–Crippen LogP) is 4.44. The van der Waals surface area contributed by atoms with Gasteiger partial charge < -0.3 is 15.0 Å². The molecule has 5 nitrogen and oxygen atoms in total. The van der Waals surface area contributed by atoms with Crippen LogP contribution in [0.2, 0.25) is 0 Å². The third kappa shape index (κ3) is 6.61. The molecule has 162 valence electrons. The third-order valence-corrected chi connectivity index (χ3v) is 5.08. The van der Waals surface area contributed by atoms with Crippen LogP contribution in [0.15, 0.2) is 48.5 Å². The van der Waals surface area contributed by atoms with Crippen molar-refractivity contribution in [1.29, 1.82) is 0 Å². The first kappa shape index (κ1) is 23.5. The van der Waals surface area contributed by atoms with Gasteiger partial charge >= 0.3 is 0 Å². The number of nitrogens with zero attached hydrogens (tertiary/aromatic N) is 1. The molecule has 2 aromatic carbocycles. The predicted molar refractivity (Wildman–Crippen MR) is 121 cm³/mol. The number of hydrogen-bond donors (Lipinski definition) is 1. The smallest absolute Gasteiger partial charge is 0.261 e. The number of carbonyl (C=O) groups is 2. The highest BCUT2D eigenvalue weighted by Gasteiger charge is 2.26. The Hall–Kier alpha value is -2.82. The summed E-state index contributed by atoms with van der Waals surface area (Å²) in [6, 6.07) is 15.2. The van der Waals surface area contributed by atoms with Gasteiger partial charge in [-0.15, -0.1) is 0 Å². The van der Waals surface area contributed by atoms with Crippen LogP contribution in [-0.4, -0.2) is 35.9 Å². The molecule has 0 heterocycles. The molecule has 0 saturated carbocycles. The van der Waals surface area contributed by atoms with Crippen LogP contribution in [0.5, 0.6) is 5.75 Å². The zero-order chi connectivity index (χ0) is 22.1. The monoisotopic (exact) mass is 410 g/mol. The zero-order valence-corrected chi connectivity index (χ0v) is 18.8. The molecule has 2 amide bonds. The number of ether oxygens (including phenoxy) is 1. The third-order valence-electron chi connectivity index (χ3n) is 5.08. The summed E-state index contributed by atoms with van der Waals surface area (Å²) in [7, 11) is 0. The van der Waals surface area contributed by atoms with Crippen LogP contribution < -0.4 is 10.1 Å². The normalized spacial score (nSPS) is 11.8. The Bertz CT molecular complexity index is 831. The minimum absolute atomic E-state index is 0.110. The van der Waals surface area contributed by atoms with E-state index in [9.17, 15) is 9.59 Å². The van der Waals surface area contributed by atoms with Crippen LogP contribution in [-0.2, 0) is 16.1 Å². The summed E-state index contributed by atoms with van der Waals surface area (Å²) in [5, 5.41) is 2.89. The Kier molecular flexibility index (Phi) is 8.90. The molecule has 0 aliphatic heterocycles. The molecule has 0 aromatic heterocycles. The summed E-state index contributed by atoms with van der Waals surface area (Å²) in [6.07, 6.45) is 0.847. The summed E-state index contributed by atoms with van der Waals surface area (Å²) < 4.78 is 5.89. The summed E-state index contributed by atoms with van der Waals surface area (Å²) in [6.45, 7) is 10.8. The van der Waals surface area contributed by atoms with Crippen molar-refractivity contribution < 1.29 is 14.3 Å². The maximum atomic E-state index is 13.1. The fraction of sp³-hybridized carbons (Fsp3) is 0.440. The van der Waals surface area contributed by atoms with E-state index in [2.05, 4.69) is 19.2 Å². The minimum Gasteiger partial charge on any atom is -0.483 e. The van der Waals surface area contributed by atoms with Gasteiger partial charge in [-0.3, -0.25) is 9.59 Å². The number of para-hydroxylation sites is 1. The van der Waals surface area contributed by atoms with Crippen molar-refractivity contribution in [3.63, 3.8) is 0 Å². The second-order valence-corrected chi connectivity index (χ2v) is 7.96. The largest absolute Gasteiger partial charge is 0.483 e. The molecule has 30 heavy (non-hydrogen) atoms. The highest BCUT2D eigenvalue weighted by Crippen LogP contribution is 2.26.